The van der Waals surface area contributed by atoms with Crippen LogP contribution in [0.3, 0.4) is 0 Å². The van der Waals surface area contributed by atoms with Gasteiger partial charge in [0.15, 0.2) is 5.13 Å². The van der Waals surface area contributed by atoms with Gasteiger partial charge in [-0.25, -0.2) is 14.4 Å². The fraction of sp³-hybridized carbons (Fsp3) is 0.200. The summed E-state index contributed by atoms with van der Waals surface area (Å²) in [6.07, 6.45) is 0. The first-order chi connectivity index (χ1) is 10.1. The molecule has 0 bridgehead atoms. The summed E-state index contributed by atoms with van der Waals surface area (Å²) in [4.78, 5) is 9.02. The Hall–Kier alpha value is -1.79. The quantitative estimate of drug-likeness (QED) is 0.744. The first-order valence-corrected chi connectivity index (χ1v) is 8.28. The largest absolute Gasteiger partial charge is 0.353 e. The first-order valence-electron chi connectivity index (χ1n) is 6.52. The fourth-order valence-electron chi connectivity index (χ4n) is 1.91. The van der Waals surface area contributed by atoms with Gasteiger partial charge in [-0.05, 0) is 38.1 Å². The van der Waals surface area contributed by atoms with Crippen LogP contribution in [0.25, 0.3) is 11.3 Å². The standard InChI is InChI=1S/C15H14FN3S2/c1-9-7-20-14(17-9)10(2)18-15-19-13(8-21-15)11-3-5-12(16)6-4-11/h3-8,10H,1-2H3,(H,18,19). The zero-order chi connectivity index (χ0) is 14.8. The smallest absolute Gasteiger partial charge is 0.183 e. The van der Waals surface area contributed by atoms with E-state index in [1.165, 1.54) is 23.5 Å². The lowest BCUT2D eigenvalue weighted by Crippen LogP contribution is -2.05. The van der Waals surface area contributed by atoms with E-state index in [1.54, 1.807) is 23.5 Å². The number of benzene rings is 1. The summed E-state index contributed by atoms with van der Waals surface area (Å²) < 4.78 is 12.9. The molecule has 108 valence electrons. The highest BCUT2D eigenvalue weighted by Crippen LogP contribution is 2.28. The van der Waals surface area contributed by atoms with Crippen LogP contribution in [0.4, 0.5) is 9.52 Å². The van der Waals surface area contributed by atoms with Crippen molar-refractivity contribution in [2.75, 3.05) is 5.32 Å². The van der Waals surface area contributed by atoms with Crippen LogP contribution >= 0.6 is 22.7 Å². The summed E-state index contributed by atoms with van der Waals surface area (Å²) in [6.45, 7) is 4.06. The van der Waals surface area contributed by atoms with E-state index in [1.807, 2.05) is 17.7 Å². The van der Waals surface area contributed by atoms with Crippen LogP contribution in [0.5, 0.6) is 0 Å². The van der Waals surface area contributed by atoms with E-state index >= 15 is 0 Å². The SMILES string of the molecule is Cc1csc(C(C)Nc2nc(-c3ccc(F)cc3)cs2)n1. The molecule has 0 saturated heterocycles. The van der Waals surface area contributed by atoms with E-state index < -0.39 is 0 Å². The Labute approximate surface area is 130 Å². The molecule has 0 aliphatic heterocycles. The number of anilines is 1. The molecule has 21 heavy (non-hydrogen) atoms. The second-order valence-corrected chi connectivity index (χ2v) is 6.49. The number of nitrogens with zero attached hydrogens (tertiary/aromatic N) is 2. The van der Waals surface area contributed by atoms with Crippen molar-refractivity contribution in [2.45, 2.75) is 19.9 Å². The topological polar surface area (TPSA) is 37.8 Å². The van der Waals surface area contributed by atoms with Crippen LogP contribution in [-0.2, 0) is 0 Å². The summed E-state index contributed by atoms with van der Waals surface area (Å²) >= 11 is 3.18. The van der Waals surface area contributed by atoms with Gasteiger partial charge in [-0.1, -0.05) is 0 Å². The van der Waals surface area contributed by atoms with Crippen molar-refractivity contribution in [3.8, 4) is 11.3 Å². The second kappa shape index (κ2) is 5.91. The van der Waals surface area contributed by atoms with E-state index in [9.17, 15) is 4.39 Å². The molecular weight excluding hydrogens is 305 g/mol. The maximum absolute atomic E-state index is 12.9. The highest BCUT2D eigenvalue weighted by Gasteiger charge is 2.12. The molecule has 2 aromatic heterocycles. The van der Waals surface area contributed by atoms with Gasteiger partial charge in [-0.3, -0.25) is 0 Å². The molecule has 1 N–H and O–H groups in total. The molecule has 3 nitrogen and oxygen atoms in total. The van der Waals surface area contributed by atoms with Crippen LogP contribution in [0.2, 0.25) is 0 Å². The number of rotatable bonds is 4. The molecule has 0 aliphatic carbocycles. The predicted octanol–water partition coefficient (Wildman–Crippen LogP) is 4.89. The molecular formula is C15H14FN3S2. The average molecular weight is 319 g/mol. The normalized spacial score (nSPS) is 12.3. The number of aromatic nitrogens is 2. The van der Waals surface area contributed by atoms with Gasteiger partial charge in [-0.2, -0.15) is 0 Å². The molecule has 2 heterocycles. The maximum atomic E-state index is 12.9. The van der Waals surface area contributed by atoms with Gasteiger partial charge in [0.2, 0.25) is 0 Å². The highest BCUT2D eigenvalue weighted by molar-refractivity contribution is 7.14. The van der Waals surface area contributed by atoms with Gasteiger partial charge in [0.25, 0.3) is 0 Å². The summed E-state index contributed by atoms with van der Waals surface area (Å²) in [7, 11) is 0. The van der Waals surface area contributed by atoms with Gasteiger partial charge in [0.05, 0.1) is 11.7 Å². The molecule has 0 saturated carbocycles. The van der Waals surface area contributed by atoms with Crippen molar-refractivity contribution in [3.63, 3.8) is 0 Å². The van der Waals surface area contributed by atoms with E-state index in [0.29, 0.717) is 0 Å². The summed E-state index contributed by atoms with van der Waals surface area (Å²) in [5, 5.41) is 9.25. The van der Waals surface area contributed by atoms with Crippen molar-refractivity contribution < 1.29 is 4.39 Å². The Balaban J connectivity index is 1.74. The molecule has 0 spiro atoms. The summed E-state index contributed by atoms with van der Waals surface area (Å²) in [5.41, 5.74) is 2.80. The first kappa shape index (κ1) is 14.2. The summed E-state index contributed by atoms with van der Waals surface area (Å²) in [6, 6.07) is 6.49. The zero-order valence-corrected chi connectivity index (χ0v) is 13.3. The Morgan fingerprint density at radius 1 is 1.10 bits per heavy atom. The van der Waals surface area contributed by atoms with Crippen LogP contribution < -0.4 is 5.32 Å². The van der Waals surface area contributed by atoms with Crippen LogP contribution in [-0.4, -0.2) is 9.97 Å². The van der Waals surface area contributed by atoms with Crippen LogP contribution in [0, 0.1) is 12.7 Å². The number of aryl methyl sites for hydroxylation is 1. The Morgan fingerprint density at radius 2 is 1.86 bits per heavy atom. The average Bonchev–Trinajstić information content (AvgIpc) is 3.09. The van der Waals surface area contributed by atoms with Crippen molar-refractivity contribution in [3.05, 3.63) is 51.5 Å². The van der Waals surface area contributed by atoms with Gasteiger partial charge in [0, 0.05) is 22.0 Å². The van der Waals surface area contributed by atoms with Gasteiger partial charge in [-0.15, -0.1) is 22.7 Å². The second-order valence-electron chi connectivity index (χ2n) is 4.74. The minimum Gasteiger partial charge on any atom is -0.353 e. The molecule has 0 fully saturated rings. The molecule has 3 aromatic rings. The Morgan fingerprint density at radius 3 is 2.52 bits per heavy atom. The van der Waals surface area contributed by atoms with Crippen LogP contribution in [0.1, 0.15) is 23.7 Å². The number of nitrogens with one attached hydrogen (secondary N) is 1. The van der Waals surface area contributed by atoms with Gasteiger partial charge in [0.1, 0.15) is 10.8 Å². The predicted molar refractivity (Wildman–Crippen MR) is 86.4 cm³/mol. The number of hydrogen-bond acceptors (Lipinski definition) is 5. The fourth-order valence-corrected chi connectivity index (χ4v) is 3.52. The lowest BCUT2D eigenvalue weighted by molar-refractivity contribution is 0.628. The molecule has 0 radical (unpaired) electrons. The Bertz CT molecular complexity index is 733. The van der Waals surface area contributed by atoms with Gasteiger partial charge >= 0.3 is 0 Å². The van der Waals surface area contributed by atoms with E-state index in [0.717, 1.165) is 27.1 Å². The zero-order valence-electron chi connectivity index (χ0n) is 11.6. The van der Waals surface area contributed by atoms with Crippen molar-refractivity contribution in [2.24, 2.45) is 0 Å². The van der Waals surface area contributed by atoms with Crippen molar-refractivity contribution in [1.29, 1.82) is 0 Å². The molecule has 6 heteroatoms. The molecule has 1 unspecified atom stereocenters. The number of halogens is 1. The van der Waals surface area contributed by atoms with Gasteiger partial charge < -0.3 is 5.32 Å². The van der Waals surface area contributed by atoms with Crippen molar-refractivity contribution >= 4 is 27.8 Å². The van der Waals surface area contributed by atoms with Crippen LogP contribution in [0.15, 0.2) is 35.0 Å². The molecule has 0 aliphatic rings. The Kier molecular flexibility index (Phi) is 3.98. The summed E-state index contributed by atoms with van der Waals surface area (Å²) in [5.74, 6) is -0.236. The maximum Gasteiger partial charge on any atom is 0.183 e. The third kappa shape index (κ3) is 3.28. The molecule has 1 aromatic carbocycles. The minimum absolute atomic E-state index is 0.121. The lowest BCUT2D eigenvalue weighted by Gasteiger charge is -2.09. The molecule has 0 amide bonds. The van der Waals surface area contributed by atoms with E-state index in [-0.39, 0.29) is 11.9 Å². The third-order valence-corrected chi connectivity index (χ3v) is 4.91. The molecule has 1 atom stereocenters. The van der Waals surface area contributed by atoms with E-state index in [2.05, 4.69) is 22.2 Å². The van der Waals surface area contributed by atoms with E-state index in [4.69, 9.17) is 0 Å². The monoisotopic (exact) mass is 319 g/mol. The molecule has 3 rings (SSSR count). The van der Waals surface area contributed by atoms with Crippen molar-refractivity contribution in [1.82, 2.24) is 9.97 Å². The number of thiazole rings is 2. The minimum atomic E-state index is -0.236. The third-order valence-electron chi connectivity index (χ3n) is 2.99. The number of hydrogen-bond donors (Lipinski definition) is 1. The lowest BCUT2D eigenvalue weighted by atomic mass is 10.2. The highest BCUT2D eigenvalue weighted by atomic mass is 32.1.